The van der Waals surface area contributed by atoms with E-state index in [9.17, 15) is 8.42 Å². The maximum atomic E-state index is 12.3. The molecule has 1 saturated carbocycles. The first kappa shape index (κ1) is 16.9. The zero-order valence-electron chi connectivity index (χ0n) is 13.5. The summed E-state index contributed by atoms with van der Waals surface area (Å²) >= 11 is 6.16. The monoisotopic (exact) mass is 358 g/mol. The molecule has 1 aliphatic heterocycles. The first-order valence-corrected chi connectivity index (χ1v) is 10.1. The zero-order chi connectivity index (χ0) is 16.6. The number of aryl methyl sites for hydroxylation is 1. The number of nitrogens with zero attached hydrogens (tertiary/aromatic N) is 3. The van der Waals surface area contributed by atoms with Gasteiger partial charge in [-0.3, -0.25) is 0 Å². The van der Waals surface area contributed by atoms with Crippen LogP contribution in [-0.4, -0.2) is 47.1 Å². The second-order valence-electron chi connectivity index (χ2n) is 6.32. The first-order valence-electron chi connectivity index (χ1n) is 8.20. The lowest BCUT2D eigenvalue weighted by Gasteiger charge is -2.32. The molecule has 0 amide bonds. The minimum absolute atomic E-state index is 0.123. The van der Waals surface area contributed by atoms with Gasteiger partial charge in [-0.05, 0) is 32.6 Å². The number of piperidine rings is 1. The summed E-state index contributed by atoms with van der Waals surface area (Å²) in [4.78, 5) is 8.76. The molecule has 1 aromatic rings. The lowest BCUT2D eigenvalue weighted by atomic mass is 10.1. The number of hydrogen-bond donors (Lipinski definition) is 1. The van der Waals surface area contributed by atoms with E-state index >= 15 is 0 Å². The van der Waals surface area contributed by atoms with Crippen LogP contribution in [0.4, 0.5) is 5.82 Å². The fraction of sp³-hybridized carbons (Fsp3) is 0.733. The zero-order valence-corrected chi connectivity index (χ0v) is 15.1. The largest absolute Gasteiger partial charge is 0.367 e. The van der Waals surface area contributed by atoms with E-state index in [1.165, 1.54) is 0 Å². The summed E-state index contributed by atoms with van der Waals surface area (Å²) in [6.45, 7) is 5.05. The van der Waals surface area contributed by atoms with Crippen LogP contribution in [0, 0.1) is 6.92 Å². The van der Waals surface area contributed by atoms with E-state index in [1.54, 1.807) is 4.31 Å². The number of anilines is 1. The summed E-state index contributed by atoms with van der Waals surface area (Å²) in [5.74, 6) is 1.49. The molecule has 0 bridgehead atoms. The lowest BCUT2D eigenvalue weighted by molar-refractivity contribution is 0.329. The second kappa shape index (κ2) is 6.53. The maximum absolute atomic E-state index is 12.3. The Labute approximate surface area is 142 Å². The molecule has 0 atom stereocenters. The first-order chi connectivity index (χ1) is 10.9. The predicted molar refractivity (Wildman–Crippen MR) is 91.3 cm³/mol. The van der Waals surface area contributed by atoms with Gasteiger partial charge in [0.1, 0.15) is 16.8 Å². The summed E-state index contributed by atoms with van der Waals surface area (Å²) in [6, 6.07) is 0.218. The highest BCUT2D eigenvalue weighted by atomic mass is 35.5. The van der Waals surface area contributed by atoms with Gasteiger partial charge in [0.05, 0.1) is 5.25 Å². The van der Waals surface area contributed by atoms with E-state index < -0.39 is 10.0 Å². The molecule has 8 heteroatoms. The number of aromatic nitrogens is 2. The topological polar surface area (TPSA) is 75.2 Å². The summed E-state index contributed by atoms with van der Waals surface area (Å²) < 4.78 is 26.2. The lowest BCUT2D eigenvalue weighted by Crippen LogP contribution is -2.43. The molecule has 1 saturated heterocycles. The molecule has 6 nitrogen and oxygen atoms in total. The average Bonchev–Trinajstić information content (AvgIpc) is 3.37. The van der Waals surface area contributed by atoms with Gasteiger partial charge in [0.15, 0.2) is 0 Å². The molecule has 2 fully saturated rings. The van der Waals surface area contributed by atoms with Crippen LogP contribution >= 0.6 is 11.6 Å². The summed E-state index contributed by atoms with van der Waals surface area (Å²) in [5, 5.41) is 3.78. The van der Waals surface area contributed by atoms with Gasteiger partial charge in [-0.25, -0.2) is 22.7 Å². The Balaban J connectivity index is 1.64. The highest BCUT2D eigenvalue weighted by Crippen LogP contribution is 2.32. The molecule has 0 radical (unpaired) electrons. The van der Waals surface area contributed by atoms with Crippen molar-refractivity contribution in [2.45, 2.75) is 57.2 Å². The van der Waals surface area contributed by atoms with Crippen LogP contribution in [-0.2, 0) is 16.4 Å². The Kier molecular flexibility index (Phi) is 4.80. The number of rotatable bonds is 5. The highest BCUT2D eigenvalue weighted by molar-refractivity contribution is 7.90. The molecule has 128 valence electrons. The minimum atomic E-state index is -3.05. The van der Waals surface area contributed by atoms with Crippen LogP contribution in [0.2, 0.25) is 5.15 Å². The van der Waals surface area contributed by atoms with Crippen molar-refractivity contribution >= 4 is 27.4 Å². The smallest absolute Gasteiger partial charge is 0.216 e. The minimum Gasteiger partial charge on any atom is -0.367 e. The maximum Gasteiger partial charge on any atom is 0.216 e. The van der Waals surface area contributed by atoms with E-state index in [0.717, 1.165) is 49.3 Å². The van der Waals surface area contributed by atoms with E-state index in [1.807, 2.05) is 13.8 Å². The Morgan fingerprint density at radius 2 is 1.87 bits per heavy atom. The molecule has 1 aromatic heterocycles. The van der Waals surface area contributed by atoms with Crippen LogP contribution < -0.4 is 5.32 Å². The summed E-state index contributed by atoms with van der Waals surface area (Å²) in [6.07, 6.45) is 3.94. The van der Waals surface area contributed by atoms with E-state index in [0.29, 0.717) is 18.2 Å². The Bertz CT molecular complexity index is 683. The van der Waals surface area contributed by atoms with Gasteiger partial charge in [-0.1, -0.05) is 18.5 Å². The number of sulfonamides is 1. The molecule has 0 aromatic carbocycles. The fourth-order valence-corrected chi connectivity index (χ4v) is 4.92. The van der Waals surface area contributed by atoms with Crippen molar-refractivity contribution in [3.8, 4) is 0 Å². The summed E-state index contributed by atoms with van der Waals surface area (Å²) in [7, 11) is -3.05. The van der Waals surface area contributed by atoms with E-state index in [4.69, 9.17) is 11.6 Å². The van der Waals surface area contributed by atoms with Crippen molar-refractivity contribution in [2.75, 3.05) is 18.4 Å². The van der Waals surface area contributed by atoms with Crippen molar-refractivity contribution < 1.29 is 8.42 Å². The van der Waals surface area contributed by atoms with Crippen LogP contribution in [0.25, 0.3) is 0 Å². The molecule has 2 heterocycles. The molecule has 1 N–H and O–H groups in total. The predicted octanol–water partition coefficient (Wildman–Crippen LogP) is 2.37. The second-order valence-corrected chi connectivity index (χ2v) is 8.89. The molecular weight excluding hydrogens is 336 g/mol. The molecule has 2 aliphatic rings. The van der Waals surface area contributed by atoms with Gasteiger partial charge in [0.25, 0.3) is 0 Å². The van der Waals surface area contributed by atoms with Crippen LogP contribution in [0.5, 0.6) is 0 Å². The summed E-state index contributed by atoms with van der Waals surface area (Å²) in [5.41, 5.74) is 0.844. The number of nitrogens with one attached hydrogen (secondary N) is 1. The van der Waals surface area contributed by atoms with Crippen molar-refractivity contribution in [3.05, 3.63) is 16.5 Å². The van der Waals surface area contributed by atoms with Gasteiger partial charge in [-0.15, -0.1) is 0 Å². The van der Waals surface area contributed by atoms with E-state index in [-0.39, 0.29) is 11.3 Å². The average molecular weight is 359 g/mol. The van der Waals surface area contributed by atoms with Gasteiger partial charge in [-0.2, -0.15) is 0 Å². The van der Waals surface area contributed by atoms with Gasteiger partial charge < -0.3 is 5.32 Å². The molecule has 23 heavy (non-hydrogen) atoms. The highest BCUT2D eigenvalue weighted by Gasteiger charge is 2.41. The van der Waals surface area contributed by atoms with E-state index in [2.05, 4.69) is 15.3 Å². The van der Waals surface area contributed by atoms with Gasteiger partial charge in [0, 0.05) is 31.1 Å². The third-order valence-electron chi connectivity index (χ3n) is 4.55. The number of halogens is 1. The third-order valence-corrected chi connectivity index (χ3v) is 7.32. The van der Waals surface area contributed by atoms with Gasteiger partial charge in [0.2, 0.25) is 10.0 Å². The SMILES string of the molecule is CCc1nc(Cl)c(C)c(NC2CCN(S(=O)(=O)C3CC3)CC2)n1. The Hall–Kier alpha value is -0.920. The van der Waals surface area contributed by atoms with Crippen molar-refractivity contribution in [3.63, 3.8) is 0 Å². The Morgan fingerprint density at radius 1 is 1.22 bits per heavy atom. The molecule has 3 rings (SSSR count). The normalized spacial score (nSPS) is 20.7. The fourth-order valence-electron chi connectivity index (χ4n) is 2.86. The quantitative estimate of drug-likeness (QED) is 0.818. The van der Waals surface area contributed by atoms with Crippen molar-refractivity contribution in [1.82, 2.24) is 14.3 Å². The van der Waals surface area contributed by atoms with Crippen molar-refractivity contribution in [1.29, 1.82) is 0 Å². The third kappa shape index (κ3) is 3.61. The van der Waals surface area contributed by atoms with Gasteiger partial charge >= 0.3 is 0 Å². The Morgan fingerprint density at radius 3 is 2.43 bits per heavy atom. The van der Waals surface area contributed by atoms with Crippen LogP contribution in [0.3, 0.4) is 0 Å². The van der Waals surface area contributed by atoms with Crippen molar-refractivity contribution in [2.24, 2.45) is 0 Å². The van der Waals surface area contributed by atoms with Crippen LogP contribution in [0.15, 0.2) is 0 Å². The standard InChI is InChI=1S/C15H23ClN4O2S/c1-3-13-18-14(16)10(2)15(19-13)17-11-6-8-20(9-7-11)23(21,22)12-4-5-12/h11-12H,3-9H2,1-2H3,(H,17,18,19). The molecule has 0 unspecified atom stereocenters. The number of hydrogen-bond acceptors (Lipinski definition) is 5. The molecular formula is C15H23ClN4O2S. The molecule has 1 aliphatic carbocycles. The van der Waals surface area contributed by atoms with Crippen LogP contribution in [0.1, 0.15) is 44.0 Å². The molecule has 0 spiro atoms.